The first-order valence-electron chi connectivity index (χ1n) is 10.2. The number of pyridine rings is 1. The quantitative estimate of drug-likeness (QED) is 0.607. The number of para-hydroxylation sites is 1. The molecule has 29 heavy (non-hydrogen) atoms. The van der Waals surface area contributed by atoms with Gasteiger partial charge < -0.3 is 20.9 Å². The van der Waals surface area contributed by atoms with Gasteiger partial charge in [0.1, 0.15) is 5.82 Å². The molecule has 0 spiro atoms. The van der Waals surface area contributed by atoms with E-state index in [-0.39, 0.29) is 5.91 Å². The van der Waals surface area contributed by atoms with Crippen LogP contribution in [0.4, 0.5) is 17.2 Å². The van der Waals surface area contributed by atoms with Gasteiger partial charge in [0.05, 0.1) is 16.9 Å². The Kier molecular flexibility index (Phi) is 4.27. The van der Waals surface area contributed by atoms with Crippen molar-refractivity contribution in [3.05, 3.63) is 59.9 Å². The van der Waals surface area contributed by atoms with E-state index in [4.69, 9.17) is 5.73 Å². The summed E-state index contributed by atoms with van der Waals surface area (Å²) in [4.78, 5) is 22.8. The fourth-order valence-electron chi connectivity index (χ4n) is 4.30. The van der Waals surface area contributed by atoms with E-state index in [0.29, 0.717) is 11.7 Å². The molecule has 6 heteroatoms. The molecule has 1 unspecified atom stereocenters. The zero-order valence-electron chi connectivity index (χ0n) is 16.5. The van der Waals surface area contributed by atoms with E-state index in [9.17, 15) is 4.79 Å². The van der Waals surface area contributed by atoms with E-state index in [1.54, 1.807) is 6.20 Å². The minimum atomic E-state index is 0.0509. The second kappa shape index (κ2) is 6.95. The molecule has 2 aliphatic rings. The minimum absolute atomic E-state index is 0.0509. The van der Waals surface area contributed by atoms with Gasteiger partial charge in [-0.2, -0.15) is 0 Å². The number of aromatic nitrogens is 2. The monoisotopic (exact) mass is 387 g/mol. The van der Waals surface area contributed by atoms with Crippen LogP contribution in [0.3, 0.4) is 0 Å². The highest BCUT2D eigenvalue weighted by atomic mass is 16.2. The molecule has 1 aliphatic carbocycles. The molecule has 1 amide bonds. The van der Waals surface area contributed by atoms with Crippen LogP contribution in [0.2, 0.25) is 0 Å². The second-order valence-corrected chi connectivity index (χ2v) is 8.19. The molecule has 0 radical (unpaired) electrons. The Morgan fingerprint density at radius 2 is 2.03 bits per heavy atom. The zero-order valence-corrected chi connectivity index (χ0v) is 16.5. The molecule has 1 atom stereocenters. The Balaban J connectivity index is 1.67. The number of hydrogen-bond donors (Lipinski definition) is 3. The van der Waals surface area contributed by atoms with Gasteiger partial charge in [-0.3, -0.25) is 4.79 Å². The van der Waals surface area contributed by atoms with Crippen LogP contribution < -0.4 is 11.1 Å². The van der Waals surface area contributed by atoms with Gasteiger partial charge in [-0.15, -0.1) is 0 Å². The van der Waals surface area contributed by atoms with Crippen LogP contribution in [0, 0.1) is 5.92 Å². The predicted molar refractivity (Wildman–Crippen MR) is 115 cm³/mol. The number of amides is 1. The van der Waals surface area contributed by atoms with Gasteiger partial charge in [0.2, 0.25) is 0 Å². The lowest BCUT2D eigenvalue weighted by Gasteiger charge is -2.30. The Labute approximate surface area is 170 Å². The lowest BCUT2D eigenvalue weighted by molar-refractivity contribution is 0.0762. The summed E-state index contributed by atoms with van der Waals surface area (Å²) in [6, 6.07) is 13.7. The minimum Gasteiger partial charge on any atom is -0.384 e. The highest BCUT2D eigenvalue weighted by Crippen LogP contribution is 2.45. The molecule has 1 aliphatic heterocycles. The number of carbonyl (C=O) groups excluding carboxylic acids is 1. The third kappa shape index (κ3) is 3.35. The first-order chi connectivity index (χ1) is 14.1. The predicted octanol–water partition coefficient (Wildman–Crippen LogP) is 4.37. The maximum Gasteiger partial charge on any atom is 0.257 e. The van der Waals surface area contributed by atoms with Gasteiger partial charge in [-0.1, -0.05) is 31.0 Å². The van der Waals surface area contributed by atoms with Gasteiger partial charge in [-0.25, -0.2) is 4.98 Å². The molecule has 1 saturated carbocycles. The van der Waals surface area contributed by atoms with Crippen LogP contribution in [-0.4, -0.2) is 34.4 Å². The molecule has 6 nitrogen and oxygen atoms in total. The molecule has 148 valence electrons. The van der Waals surface area contributed by atoms with Crippen LogP contribution >= 0.6 is 0 Å². The molecule has 2 aromatic heterocycles. The van der Waals surface area contributed by atoms with Crippen LogP contribution in [-0.2, 0) is 0 Å². The molecule has 0 bridgehead atoms. The molecule has 4 N–H and O–H groups in total. The Hall–Kier alpha value is -3.28. The third-order valence-corrected chi connectivity index (χ3v) is 5.92. The average Bonchev–Trinajstić information content (AvgIpc) is 3.45. The Morgan fingerprint density at radius 1 is 1.24 bits per heavy atom. The highest BCUT2D eigenvalue weighted by Gasteiger charge is 2.38. The number of nitrogens with two attached hydrogens (primary N) is 1. The molecular weight excluding hydrogens is 362 g/mol. The van der Waals surface area contributed by atoms with Crippen molar-refractivity contribution in [1.82, 2.24) is 14.9 Å². The number of H-pyrrole nitrogens is 1. The maximum atomic E-state index is 13.2. The van der Waals surface area contributed by atoms with Crippen molar-refractivity contribution in [2.45, 2.75) is 25.2 Å². The topological polar surface area (TPSA) is 87.0 Å². The van der Waals surface area contributed by atoms with E-state index < -0.39 is 0 Å². The first-order valence-corrected chi connectivity index (χ1v) is 10.2. The number of rotatable bonds is 5. The van der Waals surface area contributed by atoms with E-state index in [1.165, 1.54) is 12.8 Å². The van der Waals surface area contributed by atoms with Gasteiger partial charge in [0, 0.05) is 42.7 Å². The number of carbonyl (C=O) groups is 1. The summed E-state index contributed by atoms with van der Waals surface area (Å²) in [5.74, 6) is 1.61. The SMILES string of the molecule is CN1CC(CC2CC2)c2[nH]c(-c3ccnc(N)c3)c(Nc3ccccc3)c2C1=O. The van der Waals surface area contributed by atoms with Crippen molar-refractivity contribution in [2.75, 3.05) is 24.6 Å². The summed E-state index contributed by atoms with van der Waals surface area (Å²) in [5.41, 5.74) is 11.3. The van der Waals surface area contributed by atoms with E-state index in [1.807, 2.05) is 54.4 Å². The number of anilines is 3. The number of likely N-dealkylation sites (N-methyl/N-ethyl adjacent to an activating group) is 1. The fraction of sp³-hybridized carbons (Fsp3) is 0.304. The second-order valence-electron chi connectivity index (χ2n) is 8.19. The van der Waals surface area contributed by atoms with Crippen LogP contribution in [0.15, 0.2) is 48.7 Å². The number of fused-ring (bicyclic) bond motifs is 1. The van der Waals surface area contributed by atoms with Gasteiger partial charge >= 0.3 is 0 Å². The van der Waals surface area contributed by atoms with E-state index in [2.05, 4.69) is 15.3 Å². The summed E-state index contributed by atoms with van der Waals surface area (Å²) in [7, 11) is 1.90. The summed E-state index contributed by atoms with van der Waals surface area (Å²) < 4.78 is 0. The molecule has 3 heterocycles. The van der Waals surface area contributed by atoms with Crippen molar-refractivity contribution in [1.29, 1.82) is 0 Å². The number of aromatic amines is 1. The summed E-state index contributed by atoms with van der Waals surface area (Å²) in [5, 5.41) is 3.50. The van der Waals surface area contributed by atoms with Crippen LogP contribution in [0.25, 0.3) is 11.3 Å². The highest BCUT2D eigenvalue weighted by molar-refractivity contribution is 6.06. The van der Waals surface area contributed by atoms with Crippen molar-refractivity contribution >= 4 is 23.1 Å². The molecular formula is C23H25N5O. The molecule has 0 saturated heterocycles. The van der Waals surface area contributed by atoms with Crippen LogP contribution in [0.5, 0.6) is 0 Å². The maximum absolute atomic E-state index is 13.2. The normalized spacial score (nSPS) is 18.6. The lowest BCUT2D eigenvalue weighted by atomic mass is 9.90. The summed E-state index contributed by atoms with van der Waals surface area (Å²) in [6.45, 7) is 0.756. The molecule has 1 aromatic carbocycles. The summed E-state index contributed by atoms with van der Waals surface area (Å²) >= 11 is 0. The van der Waals surface area contributed by atoms with Crippen molar-refractivity contribution in [3.8, 4) is 11.3 Å². The van der Waals surface area contributed by atoms with Crippen molar-refractivity contribution < 1.29 is 4.79 Å². The van der Waals surface area contributed by atoms with E-state index >= 15 is 0 Å². The first kappa shape index (κ1) is 17.8. The number of nitrogens with zero attached hydrogens (tertiary/aromatic N) is 2. The Bertz CT molecular complexity index is 1050. The van der Waals surface area contributed by atoms with Gasteiger partial charge in [-0.05, 0) is 36.6 Å². The number of hydrogen-bond acceptors (Lipinski definition) is 4. The number of nitrogens with one attached hydrogen (secondary N) is 2. The third-order valence-electron chi connectivity index (χ3n) is 5.92. The smallest absolute Gasteiger partial charge is 0.257 e. The Morgan fingerprint density at radius 3 is 2.76 bits per heavy atom. The van der Waals surface area contributed by atoms with Crippen molar-refractivity contribution in [3.63, 3.8) is 0 Å². The van der Waals surface area contributed by atoms with Crippen LogP contribution in [0.1, 0.15) is 41.2 Å². The standard InChI is InChI=1S/C23H25N5O/c1-28-13-16(11-14-7-8-14)20-19(23(28)29)22(26-17-5-3-2-4-6-17)21(27-20)15-9-10-25-18(24)12-15/h2-6,9-10,12,14,16,26-27H,7-8,11,13H2,1H3,(H2,24,25). The van der Waals surface area contributed by atoms with Gasteiger partial charge in [0.25, 0.3) is 5.91 Å². The largest absolute Gasteiger partial charge is 0.384 e. The fourth-order valence-corrected chi connectivity index (χ4v) is 4.30. The number of nitrogen functional groups attached to an aromatic ring is 1. The van der Waals surface area contributed by atoms with Crippen molar-refractivity contribution in [2.24, 2.45) is 5.92 Å². The molecule has 3 aromatic rings. The number of benzene rings is 1. The summed E-state index contributed by atoms with van der Waals surface area (Å²) in [6.07, 6.45) is 5.42. The van der Waals surface area contributed by atoms with E-state index in [0.717, 1.165) is 52.8 Å². The average molecular weight is 387 g/mol. The van der Waals surface area contributed by atoms with Gasteiger partial charge in [0.15, 0.2) is 0 Å². The zero-order chi connectivity index (χ0) is 20.0. The lowest BCUT2D eigenvalue weighted by Crippen LogP contribution is -2.37. The molecule has 1 fully saturated rings. The molecule has 5 rings (SSSR count).